The molecule has 2 aromatic heterocycles. The van der Waals surface area contributed by atoms with Gasteiger partial charge in [0, 0.05) is 62.6 Å². The second kappa shape index (κ2) is 10.9. The summed E-state index contributed by atoms with van der Waals surface area (Å²) in [5, 5.41) is 4.47. The highest BCUT2D eigenvalue weighted by Crippen LogP contribution is 2.37. The fourth-order valence-electron chi connectivity index (χ4n) is 6.04. The number of hydrogen-bond donors (Lipinski definition) is 1. The lowest BCUT2D eigenvalue weighted by Crippen LogP contribution is -2.47. The number of nitrogens with one attached hydrogen (secondary N) is 1. The number of aromatic nitrogens is 2. The van der Waals surface area contributed by atoms with Crippen LogP contribution in [0.15, 0.2) is 71.8 Å². The summed E-state index contributed by atoms with van der Waals surface area (Å²) in [5.74, 6) is 0.395. The van der Waals surface area contributed by atoms with Gasteiger partial charge in [-0.1, -0.05) is 12.1 Å². The molecule has 1 saturated heterocycles. The van der Waals surface area contributed by atoms with Crippen molar-refractivity contribution in [1.82, 2.24) is 19.4 Å². The molecule has 1 aliphatic carbocycles. The van der Waals surface area contributed by atoms with Gasteiger partial charge in [0.2, 0.25) is 5.91 Å². The van der Waals surface area contributed by atoms with Gasteiger partial charge in [-0.15, -0.1) is 0 Å². The second-order valence-electron chi connectivity index (χ2n) is 11.1. The number of rotatable bonds is 8. The Kier molecular flexibility index (Phi) is 7.19. The van der Waals surface area contributed by atoms with Crippen LogP contribution < -0.4 is 15.6 Å². The van der Waals surface area contributed by atoms with Crippen molar-refractivity contribution in [3.05, 3.63) is 99.9 Å². The van der Waals surface area contributed by atoms with Crippen molar-refractivity contribution in [3.8, 4) is 5.75 Å². The first kappa shape index (κ1) is 26.3. The van der Waals surface area contributed by atoms with Gasteiger partial charge in [-0.25, -0.2) is 4.39 Å². The zero-order valence-electron chi connectivity index (χ0n) is 23.0. The third-order valence-corrected chi connectivity index (χ3v) is 8.38. The second-order valence-corrected chi connectivity index (χ2v) is 11.1. The van der Waals surface area contributed by atoms with Crippen molar-refractivity contribution in [1.29, 1.82) is 0 Å². The highest BCUT2D eigenvalue weighted by Gasteiger charge is 2.40. The van der Waals surface area contributed by atoms with Gasteiger partial charge in [-0.2, -0.15) is 0 Å². The molecule has 1 saturated carbocycles. The summed E-state index contributed by atoms with van der Waals surface area (Å²) in [6.45, 7) is 2.43. The Morgan fingerprint density at radius 3 is 2.73 bits per heavy atom. The molecular formula is C32H35FN4O3. The molecule has 1 aliphatic heterocycles. The molecule has 1 N–H and O–H groups in total. The molecule has 6 rings (SSSR count). The zero-order chi connectivity index (χ0) is 27.8. The minimum Gasteiger partial charge on any atom is -0.497 e. The summed E-state index contributed by atoms with van der Waals surface area (Å²) in [5.41, 5.74) is 3.80. The van der Waals surface area contributed by atoms with Crippen LogP contribution in [-0.4, -0.2) is 46.2 Å². The average molecular weight is 543 g/mol. The third-order valence-electron chi connectivity index (χ3n) is 8.38. The van der Waals surface area contributed by atoms with Crippen LogP contribution in [0.5, 0.6) is 5.75 Å². The van der Waals surface area contributed by atoms with E-state index in [1.165, 1.54) is 6.07 Å². The first-order valence-corrected chi connectivity index (χ1v) is 14.0. The molecule has 0 spiro atoms. The van der Waals surface area contributed by atoms with Crippen LogP contribution in [0.3, 0.4) is 0 Å². The summed E-state index contributed by atoms with van der Waals surface area (Å²) >= 11 is 0. The standard InChI is InChI=1S/C32H35FN4O3/c1-35-13-11-22(15-31(35)38)27-10-12-34-17-29(27)32(39)37(25-6-7-25)20-23-19-36(18-21-4-3-5-24(33)14-21)30-16-26(40-2)8-9-28(23)30/h3-5,8-9,11,13-16,19,25,27,29,34H,6-7,10,12,17-18,20H2,1-2H3. The Hall–Kier alpha value is -3.91. The van der Waals surface area contributed by atoms with Crippen LogP contribution in [0.1, 0.15) is 41.9 Å². The lowest BCUT2D eigenvalue weighted by Gasteiger charge is -2.35. The molecule has 8 heteroatoms. The smallest absolute Gasteiger partial charge is 0.250 e. The molecule has 1 amide bonds. The lowest BCUT2D eigenvalue weighted by atomic mass is 9.80. The predicted octanol–water partition coefficient (Wildman–Crippen LogP) is 4.42. The van der Waals surface area contributed by atoms with Gasteiger partial charge >= 0.3 is 0 Å². The number of halogens is 1. The number of aryl methyl sites for hydroxylation is 1. The number of ether oxygens (including phenoxy) is 1. The molecule has 0 radical (unpaired) electrons. The number of amides is 1. The van der Waals surface area contributed by atoms with E-state index in [9.17, 15) is 14.0 Å². The average Bonchev–Trinajstić information content (AvgIpc) is 3.76. The van der Waals surface area contributed by atoms with Gasteiger partial charge in [-0.05, 0) is 78.7 Å². The molecule has 7 nitrogen and oxygen atoms in total. The molecule has 4 aromatic rings. The van der Waals surface area contributed by atoms with Crippen LogP contribution in [0.25, 0.3) is 10.9 Å². The van der Waals surface area contributed by atoms with E-state index in [2.05, 4.69) is 21.0 Å². The lowest BCUT2D eigenvalue weighted by molar-refractivity contribution is -0.138. The molecule has 2 unspecified atom stereocenters. The number of carbonyl (C=O) groups is 1. The summed E-state index contributed by atoms with van der Waals surface area (Å²) in [7, 11) is 3.39. The fourth-order valence-corrected chi connectivity index (χ4v) is 6.04. The van der Waals surface area contributed by atoms with Crippen molar-refractivity contribution >= 4 is 16.8 Å². The monoisotopic (exact) mass is 542 g/mol. The largest absolute Gasteiger partial charge is 0.497 e. The Morgan fingerprint density at radius 1 is 1.12 bits per heavy atom. The van der Waals surface area contributed by atoms with Crippen molar-refractivity contribution in [2.45, 2.75) is 44.3 Å². The van der Waals surface area contributed by atoms with Gasteiger partial charge in [-0.3, -0.25) is 9.59 Å². The van der Waals surface area contributed by atoms with Crippen LogP contribution in [0.4, 0.5) is 4.39 Å². The molecule has 2 aliphatic rings. The highest BCUT2D eigenvalue weighted by atomic mass is 19.1. The molecular weight excluding hydrogens is 507 g/mol. The molecule has 40 heavy (non-hydrogen) atoms. The fraction of sp³-hybridized carbons (Fsp3) is 0.375. The van der Waals surface area contributed by atoms with Crippen LogP contribution in [-0.2, 0) is 24.9 Å². The Bertz CT molecular complexity index is 1610. The van der Waals surface area contributed by atoms with Gasteiger partial charge in [0.05, 0.1) is 18.5 Å². The molecule has 2 fully saturated rings. The van der Waals surface area contributed by atoms with Crippen molar-refractivity contribution in [3.63, 3.8) is 0 Å². The van der Waals surface area contributed by atoms with Crippen LogP contribution >= 0.6 is 0 Å². The van der Waals surface area contributed by atoms with E-state index < -0.39 is 0 Å². The topological polar surface area (TPSA) is 68.5 Å². The highest BCUT2D eigenvalue weighted by molar-refractivity contribution is 5.87. The molecule has 3 heterocycles. The van der Waals surface area contributed by atoms with E-state index in [0.717, 1.165) is 59.2 Å². The summed E-state index contributed by atoms with van der Waals surface area (Å²) < 4.78 is 23.1. The number of nitrogens with zero attached hydrogens (tertiary/aromatic N) is 3. The number of pyridine rings is 1. The summed E-state index contributed by atoms with van der Waals surface area (Å²) in [6.07, 6.45) is 6.70. The quantitative estimate of drug-likeness (QED) is 0.358. The molecule has 2 aromatic carbocycles. The minimum absolute atomic E-state index is 0.00230. The van der Waals surface area contributed by atoms with E-state index in [1.54, 1.807) is 43.1 Å². The SMILES string of the molecule is COc1ccc2c(CN(C(=O)C3CNCCC3c3ccn(C)c(=O)c3)C3CC3)cn(Cc3cccc(F)c3)c2c1. The number of benzene rings is 2. The maximum absolute atomic E-state index is 14.2. The van der Waals surface area contributed by atoms with Crippen LogP contribution in [0.2, 0.25) is 0 Å². The predicted molar refractivity (Wildman–Crippen MR) is 153 cm³/mol. The number of methoxy groups -OCH3 is 1. The van der Waals surface area contributed by atoms with E-state index in [0.29, 0.717) is 19.6 Å². The van der Waals surface area contributed by atoms with Gasteiger partial charge in [0.1, 0.15) is 11.6 Å². The maximum atomic E-state index is 14.2. The van der Waals surface area contributed by atoms with Crippen molar-refractivity contribution < 1.29 is 13.9 Å². The molecule has 208 valence electrons. The third kappa shape index (κ3) is 5.28. The first-order chi connectivity index (χ1) is 19.4. The Balaban J connectivity index is 1.33. The Morgan fingerprint density at radius 2 is 1.98 bits per heavy atom. The number of fused-ring (bicyclic) bond motifs is 1. The number of hydrogen-bond acceptors (Lipinski definition) is 4. The number of carbonyl (C=O) groups excluding carboxylic acids is 1. The zero-order valence-corrected chi connectivity index (χ0v) is 23.0. The molecule has 2 atom stereocenters. The van der Waals surface area contributed by atoms with Crippen molar-refractivity contribution in [2.75, 3.05) is 20.2 Å². The first-order valence-electron chi connectivity index (χ1n) is 14.0. The van der Waals surface area contributed by atoms with E-state index in [4.69, 9.17) is 4.74 Å². The van der Waals surface area contributed by atoms with E-state index in [-0.39, 0.29) is 35.2 Å². The van der Waals surface area contributed by atoms with Crippen LogP contribution in [0, 0.1) is 11.7 Å². The van der Waals surface area contributed by atoms with Gasteiger partial charge < -0.3 is 24.1 Å². The van der Waals surface area contributed by atoms with E-state index in [1.807, 2.05) is 30.3 Å². The number of piperidine rings is 1. The van der Waals surface area contributed by atoms with Gasteiger partial charge in [0.15, 0.2) is 0 Å². The summed E-state index contributed by atoms with van der Waals surface area (Å²) in [4.78, 5) is 28.7. The maximum Gasteiger partial charge on any atom is 0.250 e. The van der Waals surface area contributed by atoms with Gasteiger partial charge in [0.25, 0.3) is 5.56 Å². The van der Waals surface area contributed by atoms with Crippen molar-refractivity contribution in [2.24, 2.45) is 13.0 Å². The normalized spacial score (nSPS) is 19.1. The Labute approximate surface area is 233 Å². The van der Waals surface area contributed by atoms with E-state index >= 15 is 0 Å². The minimum atomic E-state index is -0.260. The molecule has 0 bridgehead atoms. The summed E-state index contributed by atoms with van der Waals surface area (Å²) in [6, 6.07) is 16.5.